The van der Waals surface area contributed by atoms with Crippen LogP contribution in [-0.4, -0.2) is 38.7 Å². The van der Waals surface area contributed by atoms with E-state index in [0.717, 1.165) is 23.5 Å². The lowest BCUT2D eigenvalue weighted by Gasteiger charge is -2.00. The SMILES string of the molecule is CCOC(=O)C(C#N)=CC=C1SC(C(=O)OC)=C(C(=O)OC)S1. The first-order valence-corrected chi connectivity index (χ1v) is 7.87. The molecule has 1 heterocycles. The lowest BCUT2D eigenvalue weighted by atomic mass is 10.3. The highest BCUT2D eigenvalue weighted by Gasteiger charge is 2.32. The molecule has 0 saturated carbocycles. The van der Waals surface area contributed by atoms with Gasteiger partial charge >= 0.3 is 17.9 Å². The lowest BCUT2D eigenvalue weighted by molar-refractivity contribution is -0.138. The molecule has 23 heavy (non-hydrogen) atoms. The monoisotopic (exact) mass is 355 g/mol. The first-order valence-electron chi connectivity index (χ1n) is 6.24. The molecule has 0 bridgehead atoms. The zero-order valence-corrected chi connectivity index (χ0v) is 14.2. The van der Waals surface area contributed by atoms with Crippen LogP contribution in [0, 0.1) is 11.3 Å². The van der Waals surface area contributed by atoms with Crippen LogP contribution in [0.25, 0.3) is 0 Å². The Balaban J connectivity index is 3.02. The van der Waals surface area contributed by atoms with Gasteiger partial charge in [0.05, 0.1) is 25.1 Å². The van der Waals surface area contributed by atoms with Gasteiger partial charge in [0.25, 0.3) is 0 Å². The number of hydrogen-bond donors (Lipinski definition) is 0. The number of hydrogen-bond acceptors (Lipinski definition) is 9. The van der Waals surface area contributed by atoms with Crippen LogP contribution in [0.15, 0.2) is 31.8 Å². The van der Waals surface area contributed by atoms with E-state index in [1.807, 2.05) is 0 Å². The van der Waals surface area contributed by atoms with E-state index in [4.69, 9.17) is 10.00 Å². The van der Waals surface area contributed by atoms with Crippen molar-refractivity contribution in [2.24, 2.45) is 0 Å². The first-order chi connectivity index (χ1) is 11.0. The maximum atomic E-state index is 11.7. The normalized spacial score (nSPS) is 14.2. The van der Waals surface area contributed by atoms with Crippen molar-refractivity contribution in [2.45, 2.75) is 6.92 Å². The number of nitriles is 1. The smallest absolute Gasteiger partial charge is 0.348 e. The number of esters is 3. The Bertz CT molecular complexity index is 627. The number of nitrogens with zero attached hydrogens (tertiary/aromatic N) is 1. The van der Waals surface area contributed by atoms with Crippen LogP contribution in [0.1, 0.15) is 6.92 Å². The quantitative estimate of drug-likeness (QED) is 0.316. The number of rotatable bonds is 5. The van der Waals surface area contributed by atoms with Gasteiger partial charge < -0.3 is 14.2 Å². The highest BCUT2D eigenvalue weighted by molar-refractivity contribution is 8.29. The standard InChI is InChI=1S/C14H13NO6S2/c1-4-21-12(16)8(7-15)5-6-9-22-10(13(17)19-2)11(23-9)14(18)20-3/h5-6H,4H2,1-3H3. The maximum Gasteiger partial charge on any atom is 0.348 e. The van der Waals surface area contributed by atoms with E-state index >= 15 is 0 Å². The lowest BCUT2D eigenvalue weighted by Crippen LogP contribution is -2.08. The van der Waals surface area contributed by atoms with Crippen molar-refractivity contribution >= 4 is 41.4 Å². The predicted octanol–water partition coefficient (Wildman–Crippen LogP) is 1.88. The fourth-order valence-corrected chi connectivity index (χ4v) is 3.62. The van der Waals surface area contributed by atoms with Crippen LogP contribution in [0.2, 0.25) is 0 Å². The van der Waals surface area contributed by atoms with E-state index in [1.165, 1.54) is 26.4 Å². The van der Waals surface area contributed by atoms with Crippen LogP contribution in [0.5, 0.6) is 0 Å². The molecule has 0 radical (unpaired) electrons. The minimum Gasteiger partial charge on any atom is -0.465 e. The van der Waals surface area contributed by atoms with Gasteiger partial charge in [0, 0.05) is 0 Å². The molecule has 9 heteroatoms. The predicted molar refractivity (Wildman–Crippen MR) is 84.7 cm³/mol. The van der Waals surface area contributed by atoms with Gasteiger partial charge in [0.15, 0.2) is 0 Å². The second kappa shape index (κ2) is 9.07. The molecule has 0 saturated heterocycles. The van der Waals surface area contributed by atoms with Crippen LogP contribution < -0.4 is 0 Å². The van der Waals surface area contributed by atoms with Gasteiger partial charge in [-0.05, 0) is 19.1 Å². The molecule has 122 valence electrons. The van der Waals surface area contributed by atoms with Crippen molar-refractivity contribution < 1.29 is 28.6 Å². The summed E-state index contributed by atoms with van der Waals surface area (Å²) in [6, 6.07) is 1.73. The third kappa shape index (κ3) is 4.91. The highest BCUT2D eigenvalue weighted by atomic mass is 32.2. The first kappa shape index (κ1) is 18.9. The number of methoxy groups -OCH3 is 2. The molecule has 0 aromatic heterocycles. The van der Waals surface area contributed by atoms with Crippen molar-refractivity contribution in [1.82, 2.24) is 0 Å². The van der Waals surface area contributed by atoms with Crippen LogP contribution in [-0.2, 0) is 28.6 Å². The molecular weight excluding hydrogens is 342 g/mol. The molecular formula is C14H13NO6S2. The molecule has 1 aliphatic heterocycles. The van der Waals surface area contributed by atoms with Crippen molar-refractivity contribution in [3.8, 4) is 6.07 Å². The Kier molecular flexibility index (Phi) is 7.44. The molecule has 0 unspecified atom stereocenters. The number of ether oxygens (including phenoxy) is 3. The Morgan fingerprint density at radius 1 is 1.13 bits per heavy atom. The Morgan fingerprint density at radius 2 is 1.65 bits per heavy atom. The average Bonchev–Trinajstić information content (AvgIpc) is 2.98. The van der Waals surface area contributed by atoms with E-state index < -0.39 is 17.9 Å². The zero-order valence-electron chi connectivity index (χ0n) is 12.6. The average molecular weight is 355 g/mol. The van der Waals surface area contributed by atoms with E-state index in [2.05, 4.69) is 9.47 Å². The molecule has 0 aromatic rings. The summed E-state index contributed by atoms with van der Waals surface area (Å²) < 4.78 is 14.5. The van der Waals surface area contributed by atoms with Gasteiger partial charge in [-0.2, -0.15) is 5.26 Å². The molecule has 1 rings (SSSR count). The molecule has 0 aliphatic carbocycles. The van der Waals surface area contributed by atoms with Crippen LogP contribution in [0.4, 0.5) is 0 Å². The third-order valence-electron chi connectivity index (χ3n) is 2.35. The Morgan fingerprint density at radius 3 is 2.04 bits per heavy atom. The fraction of sp³-hybridized carbons (Fsp3) is 0.286. The van der Waals surface area contributed by atoms with E-state index in [1.54, 1.807) is 13.0 Å². The third-order valence-corrected chi connectivity index (χ3v) is 4.81. The number of allylic oxidation sites excluding steroid dienone is 2. The summed E-state index contributed by atoms with van der Waals surface area (Å²) in [5.74, 6) is -2.07. The summed E-state index contributed by atoms with van der Waals surface area (Å²) >= 11 is 1.99. The zero-order chi connectivity index (χ0) is 17.4. The van der Waals surface area contributed by atoms with E-state index in [0.29, 0.717) is 4.24 Å². The summed E-state index contributed by atoms with van der Waals surface area (Å²) in [4.78, 5) is 35.1. The Labute approximate surface area is 141 Å². The fourth-order valence-electron chi connectivity index (χ4n) is 1.35. The number of carbonyl (C=O) groups excluding carboxylic acids is 3. The molecule has 0 atom stereocenters. The number of carbonyl (C=O) groups is 3. The van der Waals surface area contributed by atoms with Crippen molar-refractivity contribution in [3.63, 3.8) is 0 Å². The van der Waals surface area contributed by atoms with Gasteiger partial charge in [-0.15, -0.1) is 0 Å². The molecule has 0 N–H and O–H groups in total. The molecule has 0 spiro atoms. The highest BCUT2D eigenvalue weighted by Crippen LogP contribution is 2.49. The minimum atomic E-state index is -0.741. The molecule has 1 aliphatic rings. The topological polar surface area (TPSA) is 103 Å². The summed E-state index contributed by atoms with van der Waals surface area (Å²) in [5.41, 5.74) is -0.188. The molecule has 7 nitrogen and oxygen atoms in total. The summed E-state index contributed by atoms with van der Waals surface area (Å²) in [6.07, 6.45) is 2.71. The molecule has 0 fully saturated rings. The second-order valence-electron chi connectivity index (χ2n) is 3.74. The van der Waals surface area contributed by atoms with Gasteiger partial charge in [-0.3, -0.25) is 0 Å². The van der Waals surface area contributed by atoms with E-state index in [9.17, 15) is 14.4 Å². The summed E-state index contributed by atoms with van der Waals surface area (Å²) in [5, 5.41) is 8.93. The van der Waals surface area contributed by atoms with Gasteiger partial charge in [-0.1, -0.05) is 23.5 Å². The van der Waals surface area contributed by atoms with Gasteiger partial charge in [0.1, 0.15) is 21.5 Å². The van der Waals surface area contributed by atoms with Crippen LogP contribution >= 0.6 is 23.5 Å². The van der Waals surface area contributed by atoms with E-state index in [-0.39, 0.29) is 22.0 Å². The summed E-state index contributed by atoms with van der Waals surface area (Å²) in [7, 11) is 2.40. The minimum absolute atomic E-state index is 0.0960. The van der Waals surface area contributed by atoms with Crippen LogP contribution in [0.3, 0.4) is 0 Å². The Hall–Kier alpha value is -2.18. The largest absolute Gasteiger partial charge is 0.465 e. The second-order valence-corrected chi connectivity index (χ2v) is 6.11. The summed E-state index contributed by atoms with van der Waals surface area (Å²) in [6.45, 7) is 1.78. The van der Waals surface area contributed by atoms with Gasteiger partial charge in [-0.25, -0.2) is 14.4 Å². The molecule has 0 aromatic carbocycles. The molecule has 0 amide bonds. The number of thioether (sulfide) groups is 2. The van der Waals surface area contributed by atoms with Gasteiger partial charge in [0.2, 0.25) is 0 Å². The van der Waals surface area contributed by atoms with Crippen molar-refractivity contribution in [1.29, 1.82) is 5.26 Å². The maximum absolute atomic E-state index is 11.7. The van der Waals surface area contributed by atoms with Crippen molar-refractivity contribution in [2.75, 3.05) is 20.8 Å². The van der Waals surface area contributed by atoms with Crippen molar-refractivity contribution in [3.05, 3.63) is 31.8 Å².